The van der Waals surface area contributed by atoms with Crippen molar-refractivity contribution in [3.63, 3.8) is 0 Å². The van der Waals surface area contributed by atoms with Crippen molar-refractivity contribution >= 4 is 42.5 Å². The molecular formula is C22H23BrN2O4S. The van der Waals surface area contributed by atoms with E-state index in [9.17, 15) is 8.42 Å². The van der Waals surface area contributed by atoms with Gasteiger partial charge in [0.05, 0.1) is 17.1 Å². The second-order valence-corrected chi connectivity index (χ2v) is 10.6. The lowest BCUT2D eigenvalue weighted by molar-refractivity contribution is 0.187. The molecule has 1 aromatic heterocycles. The van der Waals surface area contributed by atoms with Crippen molar-refractivity contribution in [2.75, 3.05) is 17.6 Å². The lowest BCUT2D eigenvalue weighted by Crippen LogP contribution is -2.40. The average molecular weight is 491 g/mol. The standard InChI is InChI=1S/C22H23BrN2O4S/c1-13-7-5-8-14(11-13)25-30(26,27)12-16-22(2,3)17-20(28-4)15-9-6-10-24-19(15)18(23)21(17)29-16/h5-11,16,25H,12H2,1-4H3. The Balaban J connectivity index is 1.73. The van der Waals surface area contributed by atoms with Crippen molar-refractivity contribution < 1.29 is 17.9 Å². The maximum atomic E-state index is 12.9. The minimum absolute atomic E-state index is 0.192. The highest BCUT2D eigenvalue weighted by molar-refractivity contribution is 9.10. The Morgan fingerprint density at radius 3 is 2.73 bits per heavy atom. The van der Waals surface area contributed by atoms with E-state index >= 15 is 0 Å². The molecule has 1 N–H and O–H groups in total. The summed E-state index contributed by atoms with van der Waals surface area (Å²) in [4.78, 5) is 4.44. The summed E-state index contributed by atoms with van der Waals surface area (Å²) in [5.74, 6) is 1.05. The number of halogens is 1. The van der Waals surface area contributed by atoms with Crippen LogP contribution < -0.4 is 14.2 Å². The third kappa shape index (κ3) is 3.52. The molecule has 1 aliphatic rings. The number of anilines is 1. The fraction of sp³-hybridized carbons (Fsp3) is 0.318. The minimum Gasteiger partial charge on any atom is -0.496 e. The Kier molecular flexibility index (Phi) is 5.18. The first-order valence-electron chi connectivity index (χ1n) is 9.52. The van der Waals surface area contributed by atoms with Crippen molar-refractivity contribution in [2.45, 2.75) is 32.3 Å². The number of aromatic nitrogens is 1. The van der Waals surface area contributed by atoms with Gasteiger partial charge in [-0.05, 0) is 52.7 Å². The largest absolute Gasteiger partial charge is 0.496 e. The van der Waals surface area contributed by atoms with Crippen LogP contribution >= 0.6 is 15.9 Å². The molecule has 2 heterocycles. The first kappa shape index (κ1) is 20.9. The zero-order chi connectivity index (χ0) is 21.7. The number of fused-ring (bicyclic) bond motifs is 2. The highest BCUT2D eigenvalue weighted by atomic mass is 79.9. The fourth-order valence-electron chi connectivity index (χ4n) is 3.95. The summed E-state index contributed by atoms with van der Waals surface area (Å²) < 4.78 is 41.2. The third-order valence-electron chi connectivity index (χ3n) is 5.49. The van der Waals surface area contributed by atoms with Gasteiger partial charge in [-0.1, -0.05) is 26.0 Å². The molecule has 0 spiro atoms. The monoisotopic (exact) mass is 490 g/mol. The van der Waals surface area contributed by atoms with Crippen molar-refractivity contribution in [2.24, 2.45) is 0 Å². The molecule has 6 nitrogen and oxygen atoms in total. The molecule has 0 aliphatic carbocycles. The molecule has 1 aliphatic heterocycles. The molecule has 158 valence electrons. The predicted octanol–water partition coefficient (Wildman–Crippen LogP) is 4.79. The van der Waals surface area contributed by atoms with E-state index in [-0.39, 0.29) is 5.75 Å². The first-order chi connectivity index (χ1) is 14.1. The molecule has 2 aromatic carbocycles. The zero-order valence-electron chi connectivity index (χ0n) is 17.2. The van der Waals surface area contributed by atoms with Gasteiger partial charge in [0.25, 0.3) is 0 Å². The van der Waals surface area contributed by atoms with Crippen LogP contribution in [0.25, 0.3) is 10.9 Å². The number of sulfonamides is 1. The number of pyridine rings is 1. The van der Waals surface area contributed by atoms with E-state index in [2.05, 4.69) is 25.6 Å². The molecule has 1 unspecified atom stereocenters. The van der Waals surface area contributed by atoms with Crippen LogP contribution in [0.15, 0.2) is 47.1 Å². The summed E-state index contributed by atoms with van der Waals surface area (Å²) >= 11 is 3.61. The highest BCUT2D eigenvalue weighted by Crippen LogP contribution is 2.54. The van der Waals surface area contributed by atoms with Crippen LogP contribution in [0.2, 0.25) is 0 Å². The van der Waals surface area contributed by atoms with Crippen LogP contribution in [-0.2, 0) is 15.4 Å². The third-order valence-corrected chi connectivity index (χ3v) is 7.51. The van der Waals surface area contributed by atoms with Crippen LogP contribution in [0, 0.1) is 6.92 Å². The van der Waals surface area contributed by atoms with Crippen molar-refractivity contribution in [3.8, 4) is 11.5 Å². The minimum atomic E-state index is -3.65. The first-order valence-corrected chi connectivity index (χ1v) is 12.0. The summed E-state index contributed by atoms with van der Waals surface area (Å²) in [6, 6.07) is 11.1. The summed E-state index contributed by atoms with van der Waals surface area (Å²) in [6.07, 6.45) is 1.10. The number of nitrogens with zero attached hydrogens (tertiary/aromatic N) is 1. The Morgan fingerprint density at radius 1 is 1.27 bits per heavy atom. The lowest BCUT2D eigenvalue weighted by Gasteiger charge is -2.27. The molecule has 0 fully saturated rings. The molecule has 0 saturated carbocycles. The van der Waals surface area contributed by atoms with Gasteiger partial charge in [0.15, 0.2) is 0 Å². The number of hydrogen-bond acceptors (Lipinski definition) is 5. The number of benzene rings is 2. The summed E-state index contributed by atoms with van der Waals surface area (Å²) in [5.41, 5.74) is 2.47. The van der Waals surface area contributed by atoms with E-state index in [1.807, 2.05) is 45.0 Å². The second kappa shape index (κ2) is 7.42. The Hall–Kier alpha value is -2.32. The van der Waals surface area contributed by atoms with Gasteiger partial charge in [-0.25, -0.2) is 8.42 Å². The maximum Gasteiger partial charge on any atom is 0.236 e. The van der Waals surface area contributed by atoms with Gasteiger partial charge in [-0.2, -0.15) is 0 Å². The summed E-state index contributed by atoms with van der Waals surface area (Å²) in [7, 11) is -2.04. The van der Waals surface area contributed by atoms with Gasteiger partial charge in [0.2, 0.25) is 10.0 Å². The fourth-order valence-corrected chi connectivity index (χ4v) is 6.01. The van der Waals surface area contributed by atoms with Crippen LogP contribution in [0.4, 0.5) is 5.69 Å². The SMILES string of the molecule is COc1c2c(c(Br)c3ncccc13)OC(CS(=O)(=O)Nc1cccc(C)c1)C2(C)C. The van der Waals surface area contributed by atoms with E-state index in [1.54, 1.807) is 25.4 Å². The van der Waals surface area contributed by atoms with Gasteiger partial charge >= 0.3 is 0 Å². The van der Waals surface area contributed by atoms with E-state index in [0.717, 1.165) is 16.5 Å². The number of hydrogen-bond donors (Lipinski definition) is 1. The molecule has 0 amide bonds. The van der Waals surface area contributed by atoms with E-state index in [4.69, 9.17) is 9.47 Å². The number of rotatable bonds is 5. The molecule has 1 atom stereocenters. The van der Waals surface area contributed by atoms with Crippen LogP contribution in [0.1, 0.15) is 25.0 Å². The quantitative estimate of drug-likeness (QED) is 0.555. The van der Waals surface area contributed by atoms with Crippen LogP contribution in [-0.4, -0.2) is 32.4 Å². The summed E-state index contributed by atoms with van der Waals surface area (Å²) in [5, 5.41) is 0.851. The van der Waals surface area contributed by atoms with Crippen LogP contribution in [0.3, 0.4) is 0 Å². The smallest absolute Gasteiger partial charge is 0.236 e. The molecule has 0 radical (unpaired) electrons. The molecule has 8 heteroatoms. The van der Waals surface area contributed by atoms with E-state index in [1.165, 1.54) is 0 Å². The van der Waals surface area contributed by atoms with E-state index < -0.39 is 21.5 Å². The van der Waals surface area contributed by atoms with E-state index in [0.29, 0.717) is 27.2 Å². The van der Waals surface area contributed by atoms with Gasteiger partial charge in [-0.3, -0.25) is 9.71 Å². The van der Waals surface area contributed by atoms with Crippen molar-refractivity contribution in [1.29, 1.82) is 0 Å². The summed E-state index contributed by atoms with van der Waals surface area (Å²) in [6.45, 7) is 5.87. The lowest BCUT2D eigenvalue weighted by atomic mass is 9.80. The Morgan fingerprint density at radius 2 is 2.03 bits per heavy atom. The topological polar surface area (TPSA) is 77.5 Å². The number of nitrogens with one attached hydrogen (secondary N) is 1. The molecule has 0 bridgehead atoms. The number of ether oxygens (including phenoxy) is 2. The van der Waals surface area contributed by atoms with Gasteiger partial charge in [0, 0.05) is 28.2 Å². The molecule has 3 aromatic rings. The van der Waals surface area contributed by atoms with Gasteiger partial charge < -0.3 is 9.47 Å². The highest BCUT2D eigenvalue weighted by Gasteiger charge is 2.48. The number of methoxy groups -OCH3 is 1. The molecule has 0 saturated heterocycles. The Labute approximate surface area is 184 Å². The van der Waals surface area contributed by atoms with Crippen LogP contribution in [0.5, 0.6) is 11.5 Å². The second-order valence-electron chi connectivity index (χ2n) is 8.03. The van der Waals surface area contributed by atoms with Crippen molar-refractivity contribution in [1.82, 2.24) is 4.98 Å². The van der Waals surface area contributed by atoms with Gasteiger partial charge in [0.1, 0.15) is 23.4 Å². The number of aryl methyl sites for hydroxylation is 1. The predicted molar refractivity (Wildman–Crippen MR) is 122 cm³/mol. The molecule has 30 heavy (non-hydrogen) atoms. The Bertz CT molecular complexity index is 1240. The zero-order valence-corrected chi connectivity index (χ0v) is 19.6. The van der Waals surface area contributed by atoms with Crippen molar-refractivity contribution in [3.05, 3.63) is 58.2 Å². The maximum absolute atomic E-state index is 12.9. The molecule has 4 rings (SSSR count). The molecular weight excluding hydrogens is 468 g/mol. The average Bonchev–Trinajstić information content (AvgIpc) is 2.93. The normalized spacial score (nSPS) is 17.4. The van der Waals surface area contributed by atoms with Gasteiger partial charge in [-0.15, -0.1) is 0 Å².